The predicted octanol–water partition coefficient (Wildman–Crippen LogP) is 3.43. The number of carbonyl (C=O) groups is 1. The minimum atomic E-state index is -4.72. The number of sulfonamides is 1. The molecule has 0 unspecified atom stereocenters. The van der Waals surface area contributed by atoms with Gasteiger partial charge in [0.05, 0.1) is 17.0 Å². The average molecular weight is 445 g/mol. The number of halogens is 4. The van der Waals surface area contributed by atoms with E-state index in [4.69, 9.17) is 0 Å². The summed E-state index contributed by atoms with van der Waals surface area (Å²) < 4.78 is 79.8. The van der Waals surface area contributed by atoms with Gasteiger partial charge in [-0.25, -0.2) is 22.1 Å². The third-order valence-electron chi connectivity index (χ3n) is 4.87. The fourth-order valence-electron chi connectivity index (χ4n) is 3.36. The summed E-state index contributed by atoms with van der Waals surface area (Å²) in [6, 6.07) is 4.47. The number of pyridine rings is 1. The molecule has 1 amide bonds. The van der Waals surface area contributed by atoms with E-state index in [1.165, 1.54) is 33.0 Å². The van der Waals surface area contributed by atoms with Gasteiger partial charge < -0.3 is 4.90 Å². The van der Waals surface area contributed by atoms with Crippen molar-refractivity contribution in [3.63, 3.8) is 0 Å². The van der Waals surface area contributed by atoms with E-state index >= 15 is 0 Å². The molecule has 0 aliphatic carbocycles. The van der Waals surface area contributed by atoms with Crippen LogP contribution in [0, 0.1) is 19.7 Å². The van der Waals surface area contributed by atoms with Crippen LogP contribution in [-0.2, 0) is 21.0 Å². The van der Waals surface area contributed by atoms with Crippen LogP contribution in [0.3, 0.4) is 0 Å². The van der Waals surface area contributed by atoms with Crippen molar-refractivity contribution in [3.8, 4) is 0 Å². The van der Waals surface area contributed by atoms with E-state index in [1.54, 1.807) is 6.07 Å². The summed E-state index contributed by atoms with van der Waals surface area (Å²) in [5.41, 5.74) is -0.891. The maximum atomic E-state index is 14.4. The highest BCUT2D eigenvalue weighted by molar-refractivity contribution is 7.93. The van der Waals surface area contributed by atoms with Crippen LogP contribution in [0.25, 0.3) is 0 Å². The zero-order valence-electron chi connectivity index (χ0n) is 16.4. The highest BCUT2D eigenvalue weighted by atomic mass is 32.2. The molecule has 2 heterocycles. The number of carbonyl (C=O) groups excluding carboxylic acids is 1. The SMILES string of the molecule is Cc1cc(C(F)(F)F)cc(N2[C@H](C(=O)N(C)c3cccc(C)c3F)CCS2(=O)=O)n1. The number of amides is 1. The molecular weight excluding hydrogens is 426 g/mol. The van der Waals surface area contributed by atoms with E-state index in [-0.39, 0.29) is 17.8 Å². The quantitative estimate of drug-likeness (QED) is 0.679. The number of hydrogen-bond donors (Lipinski definition) is 0. The standard InChI is InChI=1S/C19H19F4N3O3S/c1-11-5-4-6-14(17(11)20)25(3)18(27)15-7-8-30(28,29)26(15)16-10-13(19(21,22)23)9-12(2)24-16/h4-6,9-10,15H,7-8H2,1-3H3/t15-/m0/s1. The molecule has 11 heteroatoms. The van der Waals surface area contributed by atoms with E-state index in [0.717, 1.165) is 11.0 Å². The zero-order chi connectivity index (χ0) is 22.4. The number of rotatable bonds is 3. The second-order valence-corrected chi connectivity index (χ2v) is 9.04. The molecule has 1 aliphatic rings. The van der Waals surface area contributed by atoms with Gasteiger partial charge in [-0.2, -0.15) is 13.2 Å². The van der Waals surface area contributed by atoms with Gasteiger partial charge in [0.1, 0.15) is 17.7 Å². The summed E-state index contributed by atoms with van der Waals surface area (Å²) in [7, 11) is -2.80. The largest absolute Gasteiger partial charge is 0.416 e. The van der Waals surface area contributed by atoms with E-state index < -0.39 is 51.1 Å². The van der Waals surface area contributed by atoms with Gasteiger partial charge in [-0.05, 0) is 44.0 Å². The highest BCUT2D eigenvalue weighted by Crippen LogP contribution is 2.35. The topological polar surface area (TPSA) is 70.6 Å². The van der Waals surface area contributed by atoms with Crippen molar-refractivity contribution < 1.29 is 30.8 Å². The lowest BCUT2D eigenvalue weighted by Crippen LogP contribution is -2.46. The Hall–Kier alpha value is -2.69. The Morgan fingerprint density at radius 1 is 1.23 bits per heavy atom. The van der Waals surface area contributed by atoms with Crippen LogP contribution in [0.4, 0.5) is 29.1 Å². The van der Waals surface area contributed by atoms with E-state index in [1.807, 2.05) is 0 Å². The van der Waals surface area contributed by atoms with Gasteiger partial charge in [0.15, 0.2) is 0 Å². The first-order chi connectivity index (χ1) is 13.8. The fourth-order valence-corrected chi connectivity index (χ4v) is 5.04. The maximum absolute atomic E-state index is 14.4. The van der Waals surface area contributed by atoms with Gasteiger partial charge >= 0.3 is 6.18 Å². The second-order valence-electron chi connectivity index (χ2n) is 7.07. The average Bonchev–Trinajstić information content (AvgIpc) is 2.96. The molecule has 3 rings (SSSR count). The summed E-state index contributed by atoms with van der Waals surface area (Å²) in [4.78, 5) is 17.9. The number of nitrogens with zero attached hydrogens (tertiary/aromatic N) is 3. The summed E-state index contributed by atoms with van der Waals surface area (Å²) in [5, 5.41) is 0. The van der Waals surface area contributed by atoms with Crippen LogP contribution in [0.5, 0.6) is 0 Å². The zero-order valence-corrected chi connectivity index (χ0v) is 17.2. The number of anilines is 2. The van der Waals surface area contributed by atoms with Crippen LogP contribution in [0.15, 0.2) is 30.3 Å². The Bertz CT molecular complexity index is 1100. The predicted molar refractivity (Wildman–Crippen MR) is 103 cm³/mol. The van der Waals surface area contributed by atoms with Gasteiger partial charge in [-0.3, -0.25) is 4.79 Å². The maximum Gasteiger partial charge on any atom is 0.416 e. The van der Waals surface area contributed by atoms with Crippen LogP contribution in [0.1, 0.15) is 23.2 Å². The van der Waals surface area contributed by atoms with Gasteiger partial charge in [-0.1, -0.05) is 12.1 Å². The Labute approximate surface area is 171 Å². The molecule has 1 aliphatic heterocycles. The Morgan fingerprint density at radius 3 is 2.53 bits per heavy atom. The van der Waals surface area contributed by atoms with Crippen molar-refractivity contribution in [2.24, 2.45) is 0 Å². The molecule has 0 spiro atoms. The third-order valence-corrected chi connectivity index (χ3v) is 6.67. The number of alkyl halides is 3. The van der Waals surface area contributed by atoms with Crippen molar-refractivity contribution in [2.45, 2.75) is 32.5 Å². The van der Waals surface area contributed by atoms with Gasteiger partial charge in [0, 0.05) is 12.7 Å². The molecule has 0 radical (unpaired) electrons. The minimum absolute atomic E-state index is 0.0498. The first-order valence-corrected chi connectivity index (χ1v) is 10.5. The third kappa shape index (κ3) is 3.98. The molecule has 30 heavy (non-hydrogen) atoms. The molecular formula is C19H19F4N3O3S. The lowest BCUT2D eigenvalue weighted by molar-refractivity contribution is -0.137. The number of benzene rings is 1. The molecule has 0 bridgehead atoms. The summed E-state index contributed by atoms with van der Waals surface area (Å²) in [5.74, 6) is -2.34. The molecule has 1 fully saturated rings. The molecule has 1 aromatic carbocycles. The van der Waals surface area contributed by atoms with Crippen molar-refractivity contribution in [2.75, 3.05) is 22.0 Å². The second kappa shape index (κ2) is 7.53. The minimum Gasteiger partial charge on any atom is -0.311 e. The Balaban J connectivity index is 2.05. The van der Waals surface area contributed by atoms with Crippen LogP contribution in [-0.4, -0.2) is 38.2 Å². The fraction of sp³-hybridized carbons (Fsp3) is 0.368. The number of likely N-dealkylation sites (N-methyl/N-ethyl adjacent to an activating group) is 1. The van der Waals surface area contributed by atoms with Crippen molar-refractivity contribution in [1.82, 2.24) is 4.98 Å². The highest BCUT2D eigenvalue weighted by Gasteiger charge is 2.45. The smallest absolute Gasteiger partial charge is 0.311 e. The molecule has 1 saturated heterocycles. The monoisotopic (exact) mass is 445 g/mol. The van der Waals surface area contributed by atoms with Crippen LogP contribution >= 0.6 is 0 Å². The van der Waals surface area contributed by atoms with Gasteiger partial charge in [0.25, 0.3) is 5.91 Å². The Morgan fingerprint density at radius 2 is 1.90 bits per heavy atom. The van der Waals surface area contributed by atoms with Gasteiger partial charge in [0.2, 0.25) is 10.0 Å². The molecule has 162 valence electrons. The van der Waals surface area contributed by atoms with Crippen LogP contribution < -0.4 is 9.21 Å². The lowest BCUT2D eigenvalue weighted by atomic mass is 10.1. The molecule has 6 nitrogen and oxygen atoms in total. The first-order valence-electron chi connectivity index (χ1n) is 8.93. The molecule has 0 N–H and O–H groups in total. The summed E-state index contributed by atoms with van der Waals surface area (Å²) in [6.45, 7) is 2.81. The van der Waals surface area contributed by atoms with Crippen molar-refractivity contribution >= 4 is 27.4 Å². The van der Waals surface area contributed by atoms with Crippen molar-refractivity contribution in [3.05, 3.63) is 53.0 Å². The molecule has 1 atom stereocenters. The summed E-state index contributed by atoms with van der Waals surface area (Å²) in [6.07, 6.45) is -4.87. The van der Waals surface area contributed by atoms with E-state index in [9.17, 15) is 30.8 Å². The first kappa shape index (κ1) is 22.0. The number of hydrogen-bond acceptors (Lipinski definition) is 4. The lowest BCUT2D eigenvalue weighted by Gasteiger charge is -2.28. The van der Waals surface area contributed by atoms with E-state index in [2.05, 4.69) is 4.98 Å². The number of aromatic nitrogens is 1. The normalized spacial score (nSPS) is 18.5. The molecule has 1 aromatic heterocycles. The van der Waals surface area contributed by atoms with Crippen molar-refractivity contribution in [1.29, 1.82) is 0 Å². The number of aryl methyl sites for hydroxylation is 2. The summed E-state index contributed by atoms with van der Waals surface area (Å²) >= 11 is 0. The van der Waals surface area contributed by atoms with Gasteiger partial charge in [-0.15, -0.1) is 0 Å². The molecule has 2 aromatic rings. The van der Waals surface area contributed by atoms with Crippen LogP contribution in [0.2, 0.25) is 0 Å². The molecule has 0 saturated carbocycles. The van der Waals surface area contributed by atoms with E-state index in [0.29, 0.717) is 15.9 Å². The Kier molecular flexibility index (Phi) is 5.52.